The molecule has 2 heterocycles. The van der Waals surface area contributed by atoms with Gasteiger partial charge in [-0.05, 0) is 13.3 Å². The van der Waals surface area contributed by atoms with Gasteiger partial charge in [0.15, 0.2) is 5.16 Å². The predicted octanol–water partition coefficient (Wildman–Crippen LogP) is 0.992. The molecule has 144 valence electrons. The van der Waals surface area contributed by atoms with Crippen molar-refractivity contribution in [2.45, 2.75) is 37.9 Å². The molecular weight excluding hydrogens is 378 g/mol. The zero-order chi connectivity index (χ0) is 19.1. The van der Waals surface area contributed by atoms with Crippen LogP contribution < -0.4 is 15.3 Å². The predicted molar refractivity (Wildman–Crippen MR) is 99.5 cm³/mol. The molecule has 8 nitrogen and oxygen atoms in total. The van der Waals surface area contributed by atoms with E-state index in [1.54, 1.807) is 6.07 Å². The lowest BCUT2D eigenvalue weighted by molar-refractivity contribution is -0.301. The van der Waals surface area contributed by atoms with Crippen LogP contribution in [0.15, 0.2) is 11.2 Å². The zero-order valence-electron chi connectivity index (χ0n) is 14.9. The number of carboxylic acids is 1. The van der Waals surface area contributed by atoms with E-state index in [0.29, 0.717) is 37.2 Å². The highest BCUT2D eigenvalue weighted by atomic mass is 35.5. The molecule has 0 radical (unpaired) electrons. The molecule has 1 N–H and O–H groups in total. The van der Waals surface area contributed by atoms with Crippen molar-refractivity contribution in [2.24, 2.45) is 0 Å². The number of nitrogens with one attached hydrogen (secondary N) is 1. The Hall–Kier alpha value is -1.74. The number of rotatable bonds is 7. The lowest BCUT2D eigenvalue weighted by Crippen LogP contribution is -2.56. The molecule has 0 bridgehead atoms. The summed E-state index contributed by atoms with van der Waals surface area (Å²) in [6.07, 6.45) is 2.00. The van der Waals surface area contributed by atoms with Gasteiger partial charge in [0.2, 0.25) is 0 Å². The molecule has 0 aromatic carbocycles. The van der Waals surface area contributed by atoms with E-state index in [1.165, 1.54) is 0 Å². The van der Waals surface area contributed by atoms with Crippen LogP contribution >= 0.6 is 23.4 Å². The van der Waals surface area contributed by atoms with Crippen LogP contribution in [0.4, 0.5) is 10.6 Å². The maximum Gasteiger partial charge on any atom is 0.317 e. The Labute approximate surface area is 162 Å². The highest BCUT2D eigenvalue weighted by molar-refractivity contribution is 7.99. The molecule has 2 amide bonds. The molecule has 26 heavy (non-hydrogen) atoms. The van der Waals surface area contributed by atoms with E-state index in [9.17, 15) is 14.7 Å². The summed E-state index contributed by atoms with van der Waals surface area (Å²) in [7, 11) is 0. The number of unbranched alkanes of at least 4 members (excludes halogenated alkanes) is 1. The summed E-state index contributed by atoms with van der Waals surface area (Å²) in [5.41, 5.74) is 0. The topological polar surface area (TPSA) is 101 Å². The van der Waals surface area contributed by atoms with E-state index in [2.05, 4.69) is 22.2 Å². The molecule has 1 aliphatic rings. The number of aromatic nitrogens is 2. The maximum atomic E-state index is 12.3. The third-order valence-electron chi connectivity index (χ3n) is 4.00. The number of aliphatic carboxylic acids is 1. The highest BCUT2D eigenvalue weighted by Gasteiger charge is 2.28. The van der Waals surface area contributed by atoms with Gasteiger partial charge >= 0.3 is 6.03 Å². The van der Waals surface area contributed by atoms with Crippen LogP contribution in [0.5, 0.6) is 0 Å². The summed E-state index contributed by atoms with van der Waals surface area (Å²) in [6.45, 7) is 6.55. The Bertz CT molecular complexity index is 648. The number of hydrogen-bond acceptors (Lipinski definition) is 7. The van der Waals surface area contributed by atoms with Crippen molar-refractivity contribution in [1.29, 1.82) is 0 Å². The van der Waals surface area contributed by atoms with Gasteiger partial charge in [-0.15, -0.1) is 0 Å². The number of urea groups is 1. The summed E-state index contributed by atoms with van der Waals surface area (Å²) >= 11 is 7.01. The molecule has 0 unspecified atom stereocenters. The zero-order valence-corrected chi connectivity index (χ0v) is 16.5. The largest absolute Gasteiger partial charge is 0.549 e. The van der Waals surface area contributed by atoms with Gasteiger partial charge in [0.25, 0.3) is 0 Å². The number of anilines is 1. The van der Waals surface area contributed by atoms with E-state index >= 15 is 0 Å². The Balaban J connectivity index is 1.99. The Morgan fingerprint density at radius 2 is 2.19 bits per heavy atom. The minimum Gasteiger partial charge on any atom is -0.549 e. The standard InChI is InChI=1S/C16H24ClN5O3S/c1-3-4-5-18-16(25)22-7-6-21(9-11(22)2)13-8-12(17)19-15(20-13)26-10-14(23)24/h8,11H,3-7,9-10H2,1-2H3,(H,18,25)(H,23,24)/p-1/t11-/m1/s1. The number of piperazine rings is 1. The molecule has 1 saturated heterocycles. The summed E-state index contributed by atoms with van der Waals surface area (Å²) < 4.78 is 0. The summed E-state index contributed by atoms with van der Waals surface area (Å²) in [5, 5.41) is 14.1. The molecule has 1 aliphatic heterocycles. The van der Waals surface area contributed by atoms with E-state index in [4.69, 9.17) is 11.6 Å². The van der Waals surface area contributed by atoms with Gasteiger partial charge in [-0.3, -0.25) is 0 Å². The van der Waals surface area contributed by atoms with E-state index in [-0.39, 0.29) is 23.0 Å². The SMILES string of the molecule is CCCCNC(=O)N1CCN(c2cc(Cl)nc(SCC(=O)[O-])n2)C[C@H]1C. The monoisotopic (exact) mass is 400 g/mol. The lowest BCUT2D eigenvalue weighted by Gasteiger charge is -2.40. The van der Waals surface area contributed by atoms with E-state index < -0.39 is 5.97 Å². The van der Waals surface area contributed by atoms with Crippen LogP contribution in [0.3, 0.4) is 0 Å². The number of carbonyl (C=O) groups excluding carboxylic acids is 2. The van der Waals surface area contributed by atoms with Crippen LogP contribution in [0.25, 0.3) is 0 Å². The molecule has 10 heteroatoms. The molecular formula is C16H23ClN5O3S-. The molecule has 1 aromatic heterocycles. The van der Waals surface area contributed by atoms with Crippen LogP contribution in [0.1, 0.15) is 26.7 Å². The van der Waals surface area contributed by atoms with Crippen molar-refractivity contribution in [2.75, 3.05) is 36.8 Å². The van der Waals surface area contributed by atoms with Gasteiger partial charge < -0.3 is 25.0 Å². The van der Waals surface area contributed by atoms with Gasteiger partial charge in [0.05, 0.1) is 5.97 Å². The number of amides is 2. The second-order valence-electron chi connectivity index (χ2n) is 6.07. The minimum atomic E-state index is -1.18. The second-order valence-corrected chi connectivity index (χ2v) is 7.40. The number of carboxylic acid groups (broad SMARTS) is 1. The Morgan fingerprint density at radius 3 is 2.85 bits per heavy atom. The fourth-order valence-electron chi connectivity index (χ4n) is 2.68. The van der Waals surface area contributed by atoms with Crippen molar-refractivity contribution in [3.8, 4) is 0 Å². The summed E-state index contributed by atoms with van der Waals surface area (Å²) in [5.74, 6) is -0.790. The van der Waals surface area contributed by atoms with Crippen LogP contribution in [0, 0.1) is 0 Å². The quantitative estimate of drug-likeness (QED) is 0.315. The van der Waals surface area contributed by atoms with Crippen LogP contribution in [0.2, 0.25) is 5.15 Å². The van der Waals surface area contributed by atoms with E-state index in [0.717, 1.165) is 24.6 Å². The smallest absolute Gasteiger partial charge is 0.317 e. The summed E-state index contributed by atoms with van der Waals surface area (Å²) in [6, 6.07) is 1.61. The Morgan fingerprint density at radius 1 is 1.42 bits per heavy atom. The fourth-order valence-corrected chi connectivity index (χ4v) is 3.47. The van der Waals surface area contributed by atoms with Crippen LogP contribution in [-0.4, -0.2) is 64.8 Å². The second kappa shape index (κ2) is 9.82. The number of nitrogens with zero attached hydrogens (tertiary/aromatic N) is 4. The summed E-state index contributed by atoms with van der Waals surface area (Å²) in [4.78, 5) is 35.1. The molecule has 1 aromatic rings. The van der Waals surface area contributed by atoms with Crippen molar-refractivity contribution in [3.05, 3.63) is 11.2 Å². The Kier molecular flexibility index (Phi) is 7.77. The van der Waals surface area contributed by atoms with Gasteiger partial charge in [0, 0.05) is 44.0 Å². The molecule has 0 saturated carbocycles. The third-order valence-corrected chi connectivity index (χ3v) is 5.01. The first-order chi connectivity index (χ1) is 12.4. The lowest BCUT2D eigenvalue weighted by atomic mass is 10.2. The average molecular weight is 401 g/mol. The minimum absolute atomic E-state index is 0.0124. The van der Waals surface area contributed by atoms with Gasteiger partial charge in [0.1, 0.15) is 11.0 Å². The fraction of sp³-hybridized carbons (Fsp3) is 0.625. The van der Waals surface area contributed by atoms with Gasteiger partial charge in [-0.2, -0.15) is 0 Å². The third kappa shape index (κ3) is 5.91. The van der Waals surface area contributed by atoms with Crippen molar-refractivity contribution in [3.63, 3.8) is 0 Å². The molecule has 0 spiro atoms. The van der Waals surface area contributed by atoms with Crippen molar-refractivity contribution >= 4 is 41.2 Å². The van der Waals surface area contributed by atoms with Gasteiger partial charge in [-0.1, -0.05) is 36.7 Å². The first-order valence-electron chi connectivity index (χ1n) is 8.57. The first kappa shape index (κ1) is 20.6. The molecule has 1 atom stereocenters. The van der Waals surface area contributed by atoms with Crippen LogP contribution in [-0.2, 0) is 4.79 Å². The van der Waals surface area contributed by atoms with Crippen molar-refractivity contribution in [1.82, 2.24) is 20.2 Å². The highest BCUT2D eigenvalue weighted by Crippen LogP contribution is 2.23. The van der Waals surface area contributed by atoms with E-state index in [1.807, 2.05) is 16.7 Å². The normalized spacial score (nSPS) is 17.3. The first-order valence-corrected chi connectivity index (χ1v) is 9.93. The maximum absolute atomic E-state index is 12.3. The average Bonchev–Trinajstić information content (AvgIpc) is 2.59. The van der Waals surface area contributed by atoms with Crippen molar-refractivity contribution < 1.29 is 14.7 Å². The number of halogens is 1. The number of hydrogen-bond donors (Lipinski definition) is 1. The molecule has 2 rings (SSSR count). The molecule has 1 fully saturated rings. The molecule has 0 aliphatic carbocycles. The number of thioether (sulfide) groups is 1. The number of carbonyl (C=O) groups is 2. The van der Waals surface area contributed by atoms with Gasteiger partial charge in [-0.25, -0.2) is 14.8 Å².